The Morgan fingerprint density at radius 2 is 1.96 bits per heavy atom. The van der Waals surface area contributed by atoms with Gasteiger partial charge in [0, 0.05) is 10.7 Å². The van der Waals surface area contributed by atoms with Gasteiger partial charge in [-0.15, -0.1) is 5.10 Å². The number of anilines is 2. The van der Waals surface area contributed by atoms with Gasteiger partial charge in [0.15, 0.2) is 11.5 Å². The van der Waals surface area contributed by atoms with Crippen LogP contribution in [0.5, 0.6) is 0 Å². The number of nitrogen functional groups attached to an aromatic ring is 1. The zero-order chi connectivity index (χ0) is 16.4. The summed E-state index contributed by atoms with van der Waals surface area (Å²) in [5.41, 5.74) is 8.46. The van der Waals surface area contributed by atoms with E-state index < -0.39 is 5.91 Å². The summed E-state index contributed by atoms with van der Waals surface area (Å²) in [7, 11) is 0. The number of carbonyl (C=O) groups excluding carboxylic acids is 1. The Hall–Kier alpha value is -2.86. The molecule has 0 bridgehead atoms. The van der Waals surface area contributed by atoms with Gasteiger partial charge in [0.25, 0.3) is 5.91 Å². The van der Waals surface area contributed by atoms with E-state index in [4.69, 9.17) is 17.3 Å². The molecule has 1 heterocycles. The van der Waals surface area contributed by atoms with Gasteiger partial charge in [0.1, 0.15) is 0 Å². The first kappa shape index (κ1) is 15.1. The lowest BCUT2D eigenvalue weighted by molar-refractivity contribution is 0.102. The zero-order valence-electron chi connectivity index (χ0n) is 12.3. The normalized spacial score (nSPS) is 10.5. The minimum Gasteiger partial charge on any atom is -0.382 e. The maximum Gasteiger partial charge on any atom is 0.280 e. The van der Waals surface area contributed by atoms with Gasteiger partial charge in [0.2, 0.25) is 0 Å². The SMILES string of the molecule is Cc1ccc(NC(=O)c2nnn(-c3cccc(Cl)c3)c2N)cc1. The van der Waals surface area contributed by atoms with E-state index in [1.807, 2.05) is 31.2 Å². The molecule has 3 N–H and O–H groups in total. The Balaban J connectivity index is 1.86. The van der Waals surface area contributed by atoms with Gasteiger partial charge in [-0.3, -0.25) is 4.79 Å². The van der Waals surface area contributed by atoms with Crippen LogP contribution < -0.4 is 11.1 Å². The van der Waals surface area contributed by atoms with E-state index in [0.29, 0.717) is 16.4 Å². The highest BCUT2D eigenvalue weighted by Crippen LogP contribution is 2.19. The van der Waals surface area contributed by atoms with Crippen LogP contribution >= 0.6 is 11.6 Å². The molecule has 2 aromatic carbocycles. The first-order valence-electron chi connectivity index (χ1n) is 6.90. The van der Waals surface area contributed by atoms with E-state index in [1.54, 1.807) is 24.3 Å². The van der Waals surface area contributed by atoms with E-state index in [9.17, 15) is 4.79 Å². The zero-order valence-corrected chi connectivity index (χ0v) is 13.1. The molecule has 6 nitrogen and oxygen atoms in total. The largest absolute Gasteiger partial charge is 0.382 e. The molecule has 0 aliphatic carbocycles. The van der Waals surface area contributed by atoms with Crippen LogP contribution in [0.4, 0.5) is 11.5 Å². The molecule has 116 valence electrons. The average Bonchev–Trinajstić information content (AvgIpc) is 2.91. The minimum absolute atomic E-state index is 0.0607. The van der Waals surface area contributed by atoms with Gasteiger partial charge >= 0.3 is 0 Å². The number of aryl methyl sites for hydroxylation is 1. The van der Waals surface area contributed by atoms with Crippen LogP contribution in [0.3, 0.4) is 0 Å². The maximum absolute atomic E-state index is 12.3. The second-order valence-electron chi connectivity index (χ2n) is 5.04. The molecule has 0 aliphatic heterocycles. The van der Waals surface area contributed by atoms with Gasteiger partial charge in [-0.2, -0.15) is 4.68 Å². The summed E-state index contributed by atoms with van der Waals surface area (Å²) in [4.78, 5) is 12.3. The number of nitrogens with one attached hydrogen (secondary N) is 1. The number of carbonyl (C=O) groups is 1. The average molecular weight is 328 g/mol. The highest BCUT2D eigenvalue weighted by molar-refractivity contribution is 6.30. The Kier molecular flexibility index (Phi) is 3.99. The van der Waals surface area contributed by atoms with Crippen LogP contribution in [0.2, 0.25) is 5.02 Å². The maximum atomic E-state index is 12.3. The van der Waals surface area contributed by atoms with E-state index in [-0.39, 0.29) is 11.5 Å². The molecule has 0 fully saturated rings. The molecule has 0 aliphatic rings. The summed E-state index contributed by atoms with van der Waals surface area (Å²) >= 11 is 5.95. The van der Waals surface area contributed by atoms with Crippen molar-refractivity contribution in [1.82, 2.24) is 15.0 Å². The first-order chi connectivity index (χ1) is 11.0. The van der Waals surface area contributed by atoms with Crippen LogP contribution in [-0.2, 0) is 0 Å². The number of halogens is 1. The van der Waals surface area contributed by atoms with Crippen LogP contribution in [-0.4, -0.2) is 20.9 Å². The molecule has 3 rings (SSSR count). The number of aromatic nitrogens is 3. The lowest BCUT2D eigenvalue weighted by Crippen LogP contribution is -2.15. The quantitative estimate of drug-likeness (QED) is 0.774. The van der Waals surface area contributed by atoms with Crippen LogP contribution in [0.25, 0.3) is 5.69 Å². The topological polar surface area (TPSA) is 85.8 Å². The van der Waals surface area contributed by atoms with Crippen LogP contribution in [0, 0.1) is 6.92 Å². The molecule has 0 radical (unpaired) electrons. The number of nitrogens with two attached hydrogens (primary N) is 1. The predicted octanol–water partition coefficient (Wildman–Crippen LogP) is 3.06. The van der Waals surface area contributed by atoms with Crippen molar-refractivity contribution in [3.05, 3.63) is 64.8 Å². The summed E-state index contributed by atoms with van der Waals surface area (Å²) < 4.78 is 1.37. The molecule has 0 atom stereocenters. The van der Waals surface area contributed by atoms with Gasteiger partial charge in [-0.25, -0.2) is 0 Å². The third-order valence-corrected chi connectivity index (χ3v) is 3.52. The van der Waals surface area contributed by atoms with Crippen molar-refractivity contribution in [3.8, 4) is 5.69 Å². The van der Waals surface area contributed by atoms with Crippen molar-refractivity contribution >= 4 is 29.0 Å². The molecule has 23 heavy (non-hydrogen) atoms. The highest BCUT2D eigenvalue weighted by Gasteiger charge is 2.18. The van der Waals surface area contributed by atoms with Crippen molar-refractivity contribution in [2.45, 2.75) is 6.92 Å². The van der Waals surface area contributed by atoms with Gasteiger partial charge in [-0.05, 0) is 37.3 Å². The van der Waals surface area contributed by atoms with E-state index in [0.717, 1.165) is 5.56 Å². The number of nitrogens with zero attached hydrogens (tertiary/aromatic N) is 3. The van der Waals surface area contributed by atoms with Gasteiger partial charge < -0.3 is 11.1 Å². The molecular weight excluding hydrogens is 314 g/mol. The molecule has 7 heteroatoms. The fourth-order valence-corrected chi connectivity index (χ4v) is 2.26. The van der Waals surface area contributed by atoms with Crippen LogP contribution in [0.1, 0.15) is 16.1 Å². The van der Waals surface area contributed by atoms with Crippen molar-refractivity contribution in [2.75, 3.05) is 11.1 Å². The van der Waals surface area contributed by atoms with Crippen molar-refractivity contribution < 1.29 is 4.79 Å². The van der Waals surface area contributed by atoms with Gasteiger partial charge in [0.05, 0.1) is 5.69 Å². The summed E-state index contributed by atoms with van der Waals surface area (Å²) in [5, 5.41) is 11.1. The number of rotatable bonds is 3. The molecule has 0 spiro atoms. The van der Waals surface area contributed by atoms with E-state index >= 15 is 0 Å². The second kappa shape index (κ2) is 6.10. The summed E-state index contributed by atoms with van der Waals surface area (Å²) in [6, 6.07) is 14.4. The molecule has 1 aromatic heterocycles. The summed E-state index contributed by atoms with van der Waals surface area (Å²) in [5.74, 6) is -0.267. The second-order valence-corrected chi connectivity index (χ2v) is 5.47. The molecule has 0 unspecified atom stereocenters. The highest BCUT2D eigenvalue weighted by atomic mass is 35.5. The molecule has 0 saturated carbocycles. The summed E-state index contributed by atoms with van der Waals surface area (Å²) in [6.07, 6.45) is 0. The third kappa shape index (κ3) is 3.17. The number of hydrogen-bond acceptors (Lipinski definition) is 4. The fourth-order valence-electron chi connectivity index (χ4n) is 2.08. The smallest absolute Gasteiger partial charge is 0.280 e. The van der Waals surface area contributed by atoms with E-state index in [2.05, 4.69) is 15.6 Å². The third-order valence-electron chi connectivity index (χ3n) is 3.28. The van der Waals surface area contributed by atoms with E-state index in [1.165, 1.54) is 4.68 Å². The summed E-state index contributed by atoms with van der Waals surface area (Å²) in [6.45, 7) is 1.97. The lowest BCUT2D eigenvalue weighted by atomic mass is 10.2. The van der Waals surface area contributed by atoms with Crippen LogP contribution in [0.15, 0.2) is 48.5 Å². The Labute approximate surface area is 137 Å². The lowest BCUT2D eigenvalue weighted by Gasteiger charge is -2.05. The minimum atomic E-state index is -0.417. The fraction of sp³-hybridized carbons (Fsp3) is 0.0625. The predicted molar refractivity (Wildman–Crippen MR) is 89.9 cm³/mol. The van der Waals surface area contributed by atoms with Crippen molar-refractivity contribution in [2.24, 2.45) is 0 Å². The van der Waals surface area contributed by atoms with Crippen molar-refractivity contribution in [1.29, 1.82) is 0 Å². The molecular formula is C16H14ClN5O. The van der Waals surface area contributed by atoms with Gasteiger partial charge in [-0.1, -0.05) is 40.6 Å². The van der Waals surface area contributed by atoms with Crippen molar-refractivity contribution in [3.63, 3.8) is 0 Å². The monoisotopic (exact) mass is 327 g/mol. The Morgan fingerprint density at radius 3 is 2.65 bits per heavy atom. The first-order valence-corrected chi connectivity index (χ1v) is 7.27. The molecule has 1 amide bonds. The number of hydrogen-bond donors (Lipinski definition) is 2. The molecule has 0 saturated heterocycles. The standard InChI is InChI=1S/C16H14ClN5O/c1-10-5-7-12(8-6-10)19-16(23)14-15(18)22(21-20-14)13-4-2-3-11(17)9-13/h2-9H,18H2,1H3,(H,19,23). The number of benzene rings is 2. The Bertz CT molecular complexity index is 857. The number of amides is 1. The Morgan fingerprint density at radius 1 is 1.22 bits per heavy atom. The molecule has 3 aromatic rings.